The summed E-state index contributed by atoms with van der Waals surface area (Å²) in [5, 5.41) is 6.50. The molecule has 2 rings (SSSR count). The third-order valence-corrected chi connectivity index (χ3v) is 4.53. The predicted octanol–water partition coefficient (Wildman–Crippen LogP) is 1.48. The van der Waals surface area contributed by atoms with Gasteiger partial charge in [0.1, 0.15) is 5.82 Å². The van der Waals surface area contributed by atoms with Gasteiger partial charge in [0.05, 0.1) is 0 Å². The summed E-state index contributed by atoms with van der Waals surface area (Å²) in [6, 6.07) is 5.93. The minimum absolute atomic E-state index is 0.194. The van der Waals surface area contributed by atoms with E-state index in [9.17, 15) is 4.79 Å². The molecule has 1 amide bonds. The van der Waals surface area contributed by atoms with Gasteiger partial charge in [-0.1, -0.05) is 25.8 Å². The van der Waals surface area contributed by atoms with Crippen LogP contribution in [-0.2, 0) is 4.79 Å². The quantitative estimate of drug-likeness (QED) is 0.417. The van der Waals surface area contributed by atoms with Crippen molar-refractivity contribution in [2.75, 3.05) is 51.2 Å². The van der Waals surface area contributed by atoms with Gasteiger partial charge in [-0.2, -0.15) is 0 Å². The van der Waals surface area contributed by atoms with Crippen molar-refractivity contribution < 1.29 is 4.79 Å². The number of hydrogen-bond donors (Lipinski definition) is 2. The van der Waals surface area contributed by atoms with E-state index in [-0.39, 0.29) is 5.91 Å². The van der Waals surface area contributed by atoms with Crippen molar-refractivity contribution in [3.8, 4) is 0 Å². The van der Waals surface area contributed by atoms with Crippen molar-refractivity contribution in [2.45, 2.75) is 32.6 Å². The lowest BCUT2D eigenvalue weighted by Gasteiger charge is -2.35. The minimum atomic E-state index is 0.194. The number of pyridine rings is 1. The summed E-state index contributed by atoms with van der Waals surface area (Å²) in [4.78, 5) is 25.1. The van der Waals surface area contributed by atoms with E-state index >= 15 is 0 Å². The van der Waals surface area contributed by atoms with Crippen LogP contribution in [0.3, 0.4) is 0 Å². The average molecular weight is 361 g/mol. The topological polar surface area (TPSA) is 72.9 Å². The minimum Gasteiger partial charge on any atom is -0.356 e. The molecule has 2 heterocycles. The lowest BCUT2D eigenvalue weighted by Crippen LogP contribution is -2.49. The van der Waals surface area contributed by atoms with Gasteiger partial charge < -0.3 is 20.4 Å². The van der Waals surface area contributed by atoms with Gasteiger partial charge in [0.2, 0.25) is 5.91 Å². The molecule has 2 N–H and O–H groups in total. The van der Waals surface area contributed by atoms with Crippen LogP contribution in [0.4, 0.5) is 5.82 Å². The van der Waals surface area contributed by atoms with E-state index in [4.69, 9.17) is 0 Å². The highest BCUT2D eigenvalue weighted by atomic mass is 16.2. The summed E-state index contributed by atoms with van der Waals surface area (Å²) < 4.78 is 0. The number of amides is 1. The number of hydrogen-bond acceptors (Lipinski definition) is 4. The first-order valence-corrected chi connectivity index (χ1v) is 9.63. The summed E-state index contributed by atoms with van der Waals surface area (Å²) in [5.74, 6) is 1.95. The molecule has 144 valence electrons. The summed E-state index contributed by atoms with van der Waals surface area (Å²) in [6.45, 7) is 6.87. The number of rotatable bonds is 8. The van der Waals surface area contributed by atoms with E-state index < -0.39 is 0 Å². The van der Waals surface area contributed by atoms with Crippen LogP contribution in [-0.4, -0.2) is 68.1 Å². The molecule has 1 aliphatic heterocycles. The predicted molar refractivity (Wildman–Crippen MR) is 107 cm³/mol. The Bertz CT molecular complexity index is 554. The summed E-state index contributed by atoms with van der Waals surface area (Å²) in [6.07, 6.45) is 5.85. The van der Waals surface area contributed by atoms with Crippen molar-refractivity contribution in [3.05, 3.63) is 24.4 Å². The number of aliphatic imine (C=N–C) groups is 1. The van der Waals surface area contributed by atoms with E-state index in [1.165, 1.54) is 12.8 Å². The first-order chi connectivity index (χ1) is 12.7. The summed E-state index contributed by atoms with van der Waals surface area (Å²) in [5.41, 5.74) is 0. The van der Waals surface area contributed by atoms with Crippen LogP contribution in [0.5, 0.6) is 0 Å². The Morgan fingerprint density at radius 1 is 1.15 bits per heavy atom. The zero-order chi connectivity index (χ0) is 18.6. The highest BCUT2D eigenvalue weighted by Gasteiger charge is 2.21. The molecule has 0 bridgehead atoms. The van der Waals surface area contributed by atoms with Crippen LogP contribution in [0.2, 0.25) is 0 Å². The number of nitrogens with zero attached hydrogens (tertiary/aromatic N) is 4. The molecule has 1 aliphatic rings. The molecule has 0 radical (unpaired) electrons. The van der Waals surface area contributed by atoms with E-state index in [1.807, 2.05) is 29.3 Å². The zero-order valence-electron chi connectivity index (χ0n) is 16.1. The second-order valence-corrected chi connectivity index (χ2v) is 6.44. The second-order valence-electron chi connectivity index (χ2n) is 6.44. The maximum absolute atomic E-state index is 12.4. The van der Waals surface area contributed by atoms with Crippen molar-refractivity contribution in [3.63, 3.8) is 0 Å². The van der Waals surface area contributed by atoms with Crippen molar-refractivity contribution in [1.82, 2.24) is 20.5 Å². The fourth-order valence-electron chi connectivity index (χ4n) is 2.97. The third-order valence-electron chi connectivity index (χ3n) is 4.53. The first kappa shape index (κ1) is 20.0. The second kappa shape index (κ2) is 11.3. The van der Waals surface area contributed by atoms with Crippen molar-refractivity contribution in [1.29, 1.82) is 0 Å². The van der Waals surface area contributed by atoms with Crippen LogP contribution in [0.25, 0.3) is 0 Å². The molecule has 0 aliphatic carbocycles. The zero-order valence-corrected chi connectivity index (χ0v) is 16.1. The highest BCUT2D eigenvalue weighted by Crippen LogP contribution is 2.12. The van der Waals surface area contributed by atoms with Gasteiger partial charge in [0.25, 0.3) is 0 Å². The molecule has 0 spiro atoms. The van der Waals surface area contributed by atoms with Gasteiger partial charge in [-0.25, -0.2) is 4.98 Å². The molecule has 7 nitrogen and oxygen atoms in total. The number of anilines is 1. The lowest BCUT2D eigenvalue weighted by molar-refractivity contribution is -0.131. The molecule has 7 heteroatoms. The summed E-state index contributed by atoms with van der Waals surface area (Å²) >= 11 is 0. The van der Waals surface area contributed by atoms with E-state index in [0.717, 1.165) is 50.9 Å². The normalized spacial score (nSPS) is 15.1. The van der Waals surface area contributed by atoms with Gasteiger partial charge in [-0.05, 0) is 18.6 Å². The van der Waals surface area contributed by atoms with Crippen LogP contribution in [0, 0.1) is 0 Å². The number of guanidine groups is 1. The van der Waals surface area contributed by atoms with Gasteiger partial charge in [0, 0.05) is 58.9 Å². The Morgan fingerprint density at radius 3 is 2.58 bits per heavy atom. The largest absolute Gasteiger partial charge is 0.356 e. The highest BCUT2D eigenvalue weighted by molar-refractivity contribution is 5.81. The molecule has 0 atom stereocenters. The number of carbonyl (C=O) groups is 1. The SMILES string of the molecule is CCCCCNC(=NC)NCCC(=O)N1CCN(c2ccccn2)CC1. The molecule has 0 aromatic carbocycles. The van der Waals surface area contributed by atoms with Crippen LogP contribution in [0.1, 0.15) is 32.6 Å². The number of carbonyl (C=O) groups excluding carboxylic acids is 1. The monoisotopic (exact) mass is 360 g/mol. The van der Waals surface area contributed by atoms with Crippen LogP contribution >= 0.6 is 0 Å². The molecule has 1 aromatic rings. The number of aromatic nitrogens is 1. The Morgan fingerprint density at radius 2 is 1.92 bits per heavy atom. The standard InChI is InChI=1S/C19H32N6O/c1-3-4-6-11-22-19(20-2)23-12-9-18(26)25-15-13-24(14-16-25)17-8-5-7-10-21-17/h5,7-8,10H,3-4,6,9,11-16H2,1-2H3,(H2,20,22,23). The molecular weight excluding hydrogens is 328 g/mol. The van der Waals surface area contributed by atoms with Crippen molar-refractivity contribution >= 4 is 17.7 Å². The molecule has 0 unspecified atom stereocenters. The van der Waals surface area contributed by atoms with E-state index in [1.54, 1.807) is 7.05 Å². The van der Waals surface area contributed by atoms with E-state index in [2.05, 4.69) is 32.4 Å². The fraction of sp³-hybridized carbons (Fsp3) is 0.632. The number of piperazine rings is 1. The first-order valence-electron chi connectivity index (χ1n) is 9.63. The fourth-order valence-corrected chi connectivity index (χ4v) is 2.97. The Kier molecular flexibility index (Phi) is 8.72. The van der Waals surface area contributed by atoms with Crippen molar-refractivity contribution in [2.24, 2.45) is 4.99 Å². The average Bonchev–Trinajstić information content (AvgIpc) is 2.70. The molecule has 26 heavy (non-hydrogen) atoms. The molecular formula is C19H32N6O. The van der Waals surface area contributed by atoms with Gasteiger partial charge in [0.15, 0.2) is 5.96 Å². The molecule has 0 saturated carbocycles. The van der Waals surface area contributed by atoms with Crippen LogP contribution < -0.4 is 15.5 Å². The molecule has 1 fully saturated rings. The maximum atomic E-state index is 12.4. The Labute approximate surface area is 156 Å². The number of unbranched alkanes of at least 4 members (excludes halogenated alkanes) is 2. The van der Waals surface area contributed by atoms with Crippen LogP contribution in [0.15, 0.2) is 29.4 Å². The Balaban J connectivity index is 1.64. The summed E-state index contributed by atoms with van der Waals surface area (Å²) in [7, 11) is 1.76. The van der Waals surface area contributed by atoms with Gasteiger partial charge >= 0.3 is 0 Å². The van der Waals surface area contributed by atoms with Gasteiger partial charge in [-0.15, -0.1) is 0 Å². The van der Waals surface area contributed by atoms with E-state index in [0.29, 0.717) is 13.0 Å². The third kappa shape index (κ3) is 6.54. The number of nitrogens with one attached hydrogen (secondary N) is 2. The smallest absolute Gasteiger partial charge is 0.224 e. The van der Waals surface area contributed by atoms with Gasteiger partial charge in [-0.3, -0.25) is 9.79 Å². The Hall–Kier alpha value is -2.31. The maximum Gasteiger partial charge on any atom is 0.224 e. The molecule has 1 aromatic heterocycles. The molecule has 1 saturated heterocycles. The lowest BCUT2D eigenvalue weighted by atomic mass is 10.2.